The predicted octanol–water partition coefficient (Wildman–Crippen LogP) is 2.89. The molecule has 0 aliphatic heterocycles. The Balaban J connectivity index is 1.83. The van der Waals surface area contributed by atoms with Crippen molar-refractivity contribution in [1.82, 2.24) is 9.88 Å². The van der Waals surface area contributed by atoms with Crippen LogP contribution in [-0.4, -0.2) is 29.5 Å². The van der Waals surface area contributed by atoms with Crippen molar-refractivity contribution in [2.75, 3.05) is 18.9 Å². The van der Waals surface area contributed by atoms with Crippen molar-refractivity contribution in [1.29, 1.82) is 5.26 Å². The first-order valence-corrected chi connectivity index (χ1v) is 7.02. The summed E-state index contributed by atoms with van der Waals surface area (Å²) in [6, 6.07) is 16.4. The summed E-state index contributed by atoms with van der Waals surface area (Å²) >= 11 is 0. The molecular weight excluding hydrogens is 260 g/mol. The molecule has 0 spiro atoms. The van der Waals surface area contributed by atoms with E-state index in [9.17, 15) is 0 Å². The van der Waals surface area contributed by atoms with Gasteiger partial charge in [-0.15, -0.1) is 0 Å². The van der Waals surface area contributed by atoms with Crippen LogP contribution in [0.1, 0.15) is 18.1 Å². The Hall–Kier alpha value is -2.38. The predicted molar refractivity (Wildman–Crippen MR) is 84.8 cm³/mol. The van der Waals surface area contributed by atoms with E-state index >= 15 is 0 Å². The van der Waals surface area contributed by atoms with Gasteiger partial charge in [0.1, 0.15) is 11.9 Å². The minimum absolute atomic E-state index is 0.277. The Kier molecular flexibility index (Phi) is 5.30. The number of nitriles is 1. The summed E-state index contributed by atoms with van der Waals surface area (Å²) in [6.45, 7) is 3.96. The molecule has 0 saturated carbocycles. The first-order chi connectivity index (χ1) is 10.2. The lowest BCUT2D eigenvalue weighted by molar-refractivity contribution is 0.316. The second-order valence-corrected chi connectivity index (χ2v) is 5.27. The Morgan fingerprint density at radius 3 is 2.62 bits per heavy atom. The van der Waals surface area contributed by atoms with Gasteiger partial charge in [0.25, 0.3) is 0 Å². The second-order valence-electron chi connectivity index (χ2n) is 5.27. The third-order valence-electron chi connectivity index (χ3n) is 3.17. The molecule has 2 aromatic rings. The van der Waals surface area contributed by atoms with E-state index in [4.69, 9.17) is 5.26 Å². The van der Waals surface area contributed by atoms with Crippen LogP contribution in [0.4, 0.5) is 5.82 Å². The van der Waals surface area contributed by atoms with E-state index in [0.717, 1.165) is 18.9 Å². The van der Waals surface area contributed by atoms with Crippen molar-refractivity contribution in [3.8, 4) is 6.07 Å². The third-order valence-corrected chi connectivity index (χ3v) is 3.17. The van der Waals surface area contributed by atoms with Crippen LogP contribution in [0.2, 0.25) is 0 Å². The van der Waals surface area contributed by atoms with Crippen LogP contribution in [0.5, 0.6) is 0 Å². The summed E-state index contributed by atoms with van der Waals surface area (Å²) in [5, 5.41) is 12.1. The number of anilines is 1. The molecule has 0 saturated heterocycles. The molecule has 1 aromatic carbocycles. The van der Waals surface area contributed by atoms with Gasteiger partial charge in [0, 0.05) is 25.3 Å². The molecule has 0 amide bonds. The number of aromatic nitrogens is 1. The van der Waals surface area contributed by atoms with Crippen LogP contribution < -0.4 is 5.32 Å². The highest BCUT2D eigenvalue weighted by atomic mass is 15.1. The molecule has 1 N–H and O–H groups in total. The Morgan fingerprint density at radius 1 is 1.24 bits per heavy atom. The number of hydrogen-bond donors (Lipinski definition) is 1. The highest BCUT2D eigenvalue weighted by Gasteiger charge is 2.07. The SMILES string of the molecule is CC(CN(C)Cc1ccccc1)Nc1ccc(C#N)cn1. The fourth-order valence-corrected chi connectivity index (χ4v) is 2.27. The maximum Gasteiger partial charge on any atom is 0.126 e. The lowest BCUT2D eigenvalue weighted by Gasteiger charge is -2.22. The summed E-state index contributed by atoms with van der Waals surface area (Å²) in [7, 11) is 2.11. The first-order valence-electron chi connectivity index (χ1n) is 7.02. The van der Waals surface area contributed by atoms with E-state index in [0.29, 0.717) is 5.56 Å². The number of nitrogens with zero attached hydrogens (tertiary/aromatic N) is 3. The van der Waals surface area contributed by atoms with Gasteiger partial charge in [-0.2, -0.15) is 5.26 Å². The van der Waals surface area contributed by atoms with Gasteiger partial charge in [-0.25, -0.2) is 4.98 Å². The smallest absolute Gasteiger partial charge is 0.126 e. The number of pyridine rings is 1. The van der Waals surface area contributed by atoms with Gasteiger partial charge in [0.05, 0.1) is 5.56 Å². The van der Waals surface area contributed by atoms with E-state index in [1.54, 1.807) is 12.3 Å². The van der Waals surface area contributed by atoms with Crippen LogP contribution >= 0.6 is 0 Å². The molecule has 1 atom stereocenters. The lowest BCUT2D eigenvalue weighted by atomic mass is 10.2. The van der Waals surface area contributed by atoms with Crippen molar-refractivity contribution in [2.24, 2.45) is 0 Å². The van der Waals surface area contributed by atoms with Crippen LogP contribution in [0.15, 0.2) is 48.7 Å². The molecule has 0 fully saturated rings. The zero-order chi connectivity index (χ0) is 15.1. The number of likely N-dealkylation sites (N-methyl/N-ethyl adjacent to an activating group) is 1. The molecule has 108 valence electrons. The number of benzene rings is 1. The van der Waals surface area contributed by atoms with Crippen molar-refractivity contribution < 1.29 is 0 Å². The number of rotatable bonds is 6. The highest BCUT2D eigenvalue weighted by molar-refractivity contribution is 5.39. The summed E-state index contributed by atoms with van der Waals surface area (Å²) in [4.78, 5) is 6.50. The van der Waals surface area contributed by atoms with Gasteiger partial charge in [0.2, 0.25) is 0 Å². The molecule has 0 aliphatic rings. The third kappa shape index (κ3) is 4.90. The molecule has 21 heavy (non-hydrogen) atoms. The summed E-state index contributed by atoms with van der Waals surface area (Å²) < 4.78 is 0. The second kappa shape index (κ2) is 7.41. The van der Waals surface area contributed by atoms with Gasteiger partial charge >= 0.3 is 0 Å². The molecule has 1 unspecified atom stereocenters. The monoisotopic (exact) mass is 280 g/mol. The summed E-state index contributed by atoms with van der Waals surface area (Å²) in [5.41, 5.74) is 1.89. The number of hydrogen-bond acceptors (Lipinski definition) is 4. The maximum atomic E-state index is 8.75. The van der Waals surface area contributed by atoms with Crippen LogP contribution in [-0.2, 0) is 6.54 Å². The number of nitrogens with one attached hydrogen (secondary N) is 1. The van der Waals surface area contributed by atoms with E-state index in [-0.39, 0.29) is 6.04 Å². The molecule has 1 aromatic heterocycles. The first kappa shape index (κ1) is 15.0. The maximum absolute atomic E-state index is 8.75. The molecule has 1 heterocycles. The minimum Gasteiger partial charge on any atom is -0.366 e. The Morgan fingerprint density at radius 2 is 2.00 bits per heavy atom. The fourth-order valence-electron chi connectivity index (χ4n) is 2.27. The van der Waals surface area contributed by atoms with Crippen molar-refractivity contribution >= 4 is 5.82 Å². The van der Waals surface area contributed by atoms with Gasteiger partial charge in [-0.05, 0) is 31.7 Å². The standard InChI is InChI=1S/C17H20N4/c1-14(20-17-9-8-16(10-18)11-19-17)12-21(2)13-15-6-4-3-5-7-15/h3-9,11,14H,12-13H2,1-2H3,(H,19,20). The van der Waals surface area contributed by atoms with Crippen molar-refractivity contribution in [3.63, 3.8) is 0 Å². The minimum atomic E-state index is 0.277. The fraction of sp³-hybridized carbons (Fsp3) is 0.294. The normalized spacial score (nSPS) is 11.9. The largest absolute Gasteiger partial charge is 0.366 e. The average Bonchev–Trinajstić information content (AvgIpc) is 2.48. The Labute approximate surface area is 126 Å². The zero-order valence-corrected chi connectivity index (χ0v) is 12.5. The Bertz CT molecular complexity index is 586. The summed E-state index contributed by atoms with van der Waals surface area (Å²) in [5.74, 6) is 0.801. The molecule has 4 nitrogen and oxygen atoms in total. The van der Waals surface area contributed by atoms with Crippen LogP contribution in [0, 0.1) is 11.3 Å². The van der Waals surface area contributed by atoms with E-state index in [1.807, 2.05) is 12.1 Å². The molecule has 0 radical (unpaired) electrons. The van der Waals surface area contributed by atoms with E-state index < -0.39 is 0 Å². The average molecular weight is 280 g/mol. The molecule has 4 heteroatoms. The van der Waals surface area contributed by atoms with Gasteiger partial charge in [-0.1, -0.05) is 30.3 Å². The quantitative estimate of drug-likeness (QED) is 0.884. The topological polar surface area (TPSA) is 52.0 Å². The van der Waals surface area contributed by atoms with Gasteiger partial charge in [0.15, 0.2) is 0 Å². The zero-order valence-electron chi connectivity index (χ0n) is 12.5. The molecular formula is C17H20N4. The van der Waals surface area contributed by atoms with Crippen LogP contribution in [0.3, 0.4) is 0 Å². The van der Waals surface area contributed by atoms with Crippen LogP contribution in [0.25, 0.3) is 0 Å². The van der Waals surface area contributed by atoms with E-state index in [1.165, 1.54) is 5.56 Å². The van der Waals surface area contributed by atoms with E-state index in [2.05, 4.69) is 59.5 Å². The lowest BCUT2D eigenvalue weighted by Crippen LogP contribution is -2.32. The summed E-state index contributed by atoms with van der Waals surface area (Å²) in [6.07, 6.45) is 1.59. The highest BCUT2D eigenvalue weighted by Crippen LogP contribution is 2.08. The van der Waals surface area contributed by atoms with Crippen molar-refractivity contribution in [3.05, 3.63) is 59.8 Å². The molecule has 0 bridgehead atoms. The van der Waals surface area contributed by atoms with Gasteiger partial charge in [-0.3, -0.25) is 0 Å². The molecule has 0 aliphatic carbocycles. The molecule has 2 rings (SSSR count). The van der Waals surface area contributed by atoms with Crippen molar-refractivity contribution in [2.45, 2.75) is 19.5 Å². The van der Waals surface area contributed by atoms with Gasteiger partial charge < -0.3 is 10.2 Å².